The average molecular weight is 311 g/mol. The Labute approximate surface area is 135 Å². The molecule has 22 heavy (non-hydrogen) atoms. The number of nitrogens with zero attached hydrogens (tertiary/aromatic N) is 2. The van der Waals surface area contributed by atoms with Crippen LogP contribution in [0, 0.1) is 5.41 Å². The number of likely N-dealkylation sites (tertiary alicyclic amines) is 1. The molecule has 0 aromatic heterocycles. The van der Waals surface area contributed by atoms with Gasteiger partial charge in [0.05, 0.1) is 6.54 Å². The molecule has 1 saturated heterocycles. The van der Waals surface area contributed by atoms with E-state index < -0.39 is 0 Å². The Balaban J connectivity index is 2.58. The van der Waals surface area contributed by atoms with Crippen LogP contribution >= 0.6 is 0 Å². The lowest BCUT2D eigenvalue weighted by atomic mass is 9.93. The lowest BCUT2D eigenvalue weighted by molar-refractivity contribution is -0.141. The summed E-state index contributed by atoms with van der Waals surface area (Å²) in [4.78, 5) is 28.5. The third kappa shape index (κ3) is 5.95. The zero-order valence-corrected chi connectivity index (χ0v) is 15.3. The van der Waals surface area contributed by atoms with E-state index in [0.29, 0.717) is 6.54 Å². The van der Waals surface area contributed by atoms with Crippen molar-refractivity contribution in [3.05, 3.63) is 0 Å². The van der Waals surface area contributed by atoms with Crippen molar-refractivity contribution in [1.82, 2.24) is 15.1 Å². The van der Waals surface area contributed by atoms with Crippen molar-refractivity contribution in [2.24, 2.45) is 5.41 Å². The van der Waals surface area contributed by atoms with Gasteiger partial charge in [-0.05, 0) is 40.2 Å². The fourth-order valence-corrected chi connectivity index (χ4v) is 2.85. The quantitative estimate of drug-likeness (QED) is 0.866. The first-order valence-electron chi connectivity index (χ1n) is 8.21. The van der Waals surface area contributed by atoms with Gasteiger partial charge in [0, 0.05) is 30.6 Å². The maximum absolute atomic E-state index is 12.4. The van der Waals surface area contributed by atoms with Gasteiger partial charge in [0.2, 0.25) is 11.8 Å². The molecule has 0 radical (unpaired) electrons. The van der Waals surface area contributed by atoms with Crippen molar-refractivity contribution in [2.45, 2.75) is 66.0 Å². The van der Waals surface area contributed by atoms with E-state index >= 15 is 0 Å². The maximum atomic E-state index is 12.4. The van der Waals surface area contributed by atoms with Gasteiger partial charge >= 0.3 is 0 Å². The van der Waals surface area contributed by atoms with Crippen molar-refractivity contribution in [3.8, 4) is 0 Å². The second-order valence-electron chi connectivity index (χ2n) is 8.50. The average Bonchev–Trinajstić information content (AvgIpc) is 2.33. The summed E-state index contributed by atoms with van der Waals surface area (Å²) in [6.07, 6.45) is 2.03. The first-order valence-corrected chi connectivity index (χ1v) is 8.21. The zero-order valence-electron chi connectivity index (χ0n) is 15.3. The second kappa shape index (κ2) is 6.99. The number of likely N-dealkylation sites (N-methyl/N-ethyl adjacent to an activating group) is 1. The summed E-state index contributed by atoms with van der Waals surface area (Å²) in [5.41, 5.74) is -0.564. The predicted octanol–water partition coefficient (Wildman–Crippen LogP) is 1.87. The molecule has 1 heterocycles. The number of hydrogen-bond donors (Lipinski definition) is 1. The van der Waals surface area contributed by atoms with Crippen LogP contribution in [0.4, 0.5) is 0 Å². The summed E-state index contributed by atoms with van der Waals surface area (Å²) >= 11 is 0. The molecule has 0 bridgehead atoms. The molecule has 1 aliphatic heterocycles. The fraction of sp³-hybridized carbons (Fsp3) is 0.882. The second-order valence-corrected chi connectivity index (χ2v) is 8.50. The van der Waals surface area contributed by atoms with E-state index in [1.165, 1.54) is 0 Å². The van der Waals surface area contributed by atoms with Crippen LogP contribution in [-0.2, 0) is 9.59 Å². The lowest BCUT2D eigenvalue weighted by Gasteiger charge is -2.39. The molecule has 5 nitrogen and oxygen atoms in total. The Bertz CT molecular complexity index is 407. The Kier molecular flexibility index (Phi) is 6.02. The Morgan fingerprint density at radius 3 is 2.27 bits per heavy atom. The fourth-order valence-electron chi connectivity index (χ4n) is 2.85. The lowest BCUT2D eigenvalue weighted by Crippen LogP contribution is -2.53. The number of carbonyl (C=O) groups excluding carboxylic acids is 2. The first-order chi connectivity index (χ1) is 9.90. The highest BCUT2D eigenvalue weighted by molar-refractivity contribution is 5.81. The van der Waals surface area contributed by atoms with Crippen molar-refractivity contribution < 1.29 is 9.59 Å². The molecule has 1 atom stereocenters. The topological polar surface area (TPSA) is 52.7 Å². The molecule has 0 aliphatic carbocycles. The molecule has 0 aromatic carbocycles. The van der Waals surface area contributed by atoms with Gasteiger partial charge in [0.15, 0.2) is 0 Å². The standard InChI is InChI=1S/C17H33N3O2/c1-16(2,3)15(22)19(7)13-9-8-10-20(11-13)12-14(21)18-17(4,5)6/h13H,8-12H2,1-7H3,(H,18,21). The molecule has 0 aromatic rings. The van der Waals surface area contributed by atoms with E-state index in [-0.39, 0.29) is 28.8 Å². The smallest absolute Gasteiger partial charge is 0.234 e. The van der Waals surface area contributed by atoms with Crippen LogP contribution in [0.3, 0.4) is 0 Å². The van der Waals surface area contributed by atoms with Crippen LogP contribution in [-0.4, -0.2) is 59.9 Å². The molecule has 5 heteroatoms. The molecule has 0 spiro atoms. The van der Waals surface area contributed by atoms with Crippen LogP contribution < -0.4 is 5.32 Å². The highest BCUT2D eigenvalue weighted by Gasteiger charge is 2.32. The monoisotopic (exact) mass is 311 g/mol. The van der Waals surface area contributed by atoms with Gasteiger partial charge in [-0.15, -0.1) is 0 Å². The van der Waals surface area contributed by atoms with E-state index in [4.69, 9.17) is 0 Å². The van der Waals surface area contributed by atoms with E-state index in [9.17, 15) is 9.59 Å². The van der Waals surface area contributed by atoms with Crippen LogP contribution in [0.2, 0.25) is 0 Å². The molecular weight excluding hydrogens is 278 g/mol. The Morgan fingerprint density at radius 1 is 1.18 bits per heavy atom. The Morgan fingerprint density at radius 2 is 1.77 bits per heavy atom. The number of nitrogens with one attached hydrogen (secondary N) is 1. The van der Waals surface area contributed by atoms with E-state index in [0.717, 1.165) is 25.9 Å². The number of hydrogen-bond acceptors (Lipinski definition) is 3. The molecule has 128 valence electrons. The molecule has 1 rings (SSSR count). The van der Waals surface area contributed by atoms with E-state index in [1.54, 1.807) is 0 Å². The van der Waals surface area contributed by atoms with Crippen LogP contribution in [0.15, 0.2) is 0 Å². The number of carbonyl (C=O) groups is 2. The van der Waals surface area contributed by atoms with Gasteiger partial charge in [-0.2, -0.15) is 0 Å². The minimum atomic E-state index is -0.360. The van der Waals surface area contributed by atoms with Gasteiger partial charge in [0.25, 0.3) is 0 Å². The molecule has 1 N–H and O–H groups in total. The zero-order chi connectivity index (χ0) is 17.1. The van der Waals surface area contributed by atoms with Gasteiger partial charge < -0.3 is 10.2 Å². The summed E-state index contributed by atoms with van der Waals surface area (Å²) in [7, 11) is 1.89. The molecule has 1 unspecified atom stereocenters. The largest absolute Gasteiger partial charge is 0.350 e. The first kappa shape index (κ1) is 18.9. The number of amides is 2. The van der Waals surface area contributed by atoms with Crippen LogP contribution in [0.1, 0.15) is 54.4 Å². The SMILES string of the molecule is CN(C(=O)C(C)(C)C)C1CCCN(CC(=O)NC(C)(C)C)C1. The molecule has 1 aliphatic rings. The summed E-state index contributed by atoms with van der Waals surface area (Å²) in [5.74, 6) is 0.219. The maximum Gasteiger partial charge on any atom is 0.234 e. The summed E-state index contributed by atoms with van der Waals surface area (Å²) in [6.45, 7) is 13.9. The minimum absolute atomic E-state index is 0.0537. The van der Waals surface area contributed by atoms with Crippen molar-refractivity contribution >= 4 is 11.8 Å². The third-order valence-electron chi connectivity index (χ3n) is 3.87. The number of rotatable bonds is 3. The molecule has 1 fully saturated rings. The highest BCUT2D eigenvalue weighted by atomic mass is 16.2. The van der Waals surface area contributed by atoms with Gasteiger partial charge in [-0.1, -0.05) is 20.8 Å². The van der Waals surface area contributed by atoms with Crippen LogP contribution in [0.25, 0.3) is 0 Å². The van der Waals surface area contributed by atoms with Crippen molar-refractivity contribution in [3.63, 3.8) is 0 Å². The molecule has 2 amide bonds. The van der Waals surface area contributed by atoms with E-state index in [1.807, 2.05) is 53.5 Å². The summed E-state index contributed by atoms with van der Waals surface area (Å²) < 4.78 is 0. The van der Waals surface area contributed by atoms with E-state index in [2.05, 4.69) is 10.2 Å². The van der Waals surface area contributed by atoms with Crippen molar-refractivity contribution in [2.75, 3.05) is 26.7 Å². The van der Waals surface area contributed by atoms with Gasteiger partial charge in [-0.25, -0.2) is 0 Å². The summed E-state index contributed by atoms with van der Waals surface area (Å²) in [6, 6.07) is 0.197. The molecular formula is C17H33N3O2. The molecule has 0 saturated carbocycles. The number of piperidine rings is 1. The predicted molar refractivity (Wildman–Crippen MR) is 89.6 cm³/mol. The summed E-state index contributed by atoms with van der Waals surface area (Å²) in [5, 5.41) is 3.00. The van der Waals surface area contributed by atoms with Crippen LogP contribution in [0.5, 0.6) is 0 Å². The minimum Gasteiger partial charge on any atom is -0.350 e. The normalized spacial score (nSPS) is 20.6. The third-order valence-corrected chi connectivity index (χ3v) is 3.87. The highest BCUT2D eigenvalue weighted by Crippen LogP contribution is 2.22. The van der Waals surface area contributed by atoms with Gasteiger partial charge in [-0.3, -0.25) is 14.5 Å². The Hall–Kier alpha value is -1.10. The van der Waals surface area contributed by atoms with Crippen molar-refractivity contribution in [1.29, 1.82) is 0 Å². The van der Waals surface area contributed by atoms with Gasteiger partial charge in [0.1, 0.15) is 0 Å².